The van der Waals surface area contributed by atoms with Crippen molar-refractivity contribution in [3.63, 3.8) is 0 Å². The molecule has 0 unspecified atom stereocenters. The Labute approximate surface area is 103 Å². The summed E-state index contributed by atoms with van der Waals surface area (Å²) >= 11 is 5.21. The van der Waals surface area contributed by atoms with E-state index in [0.717, 1.165) is 11.1 Å². The highest BCUT2D eigenvalue weighted by atomic mass is 35.5. The van der Waals surface area contributed by atoms with Gasteiger partial charge in [-0.3, -0.25) is 9.59 Å². The van der Waals surface area contributed by atoms with Crippen LogP contribution in [0.2, 0.25) is 0 Å². The van der Waals surface area contributed by atoms with Crippen molar-refractivity contribution in [3.05, 3.63) is 29.5 Å². The molecule has 0 amide bonds. The normalized spacial score (nSPS) is 10.5. The van der Waals surface area contributed by atoms with Crippen LogP contribution in [0.25, 0.3) is 10.9 Å². The summed E-state index contributed by atoms with van der Waals surface area (Å²) in [5.74, 6) is -0.160. The van der Waals surface area contributed by atoms with Crippen LogP contribution >= 0.6 is 11.6 Å². The SMILES string of the molecule is COc1c(C)ccc2[nH]cc(C(=O)C(=O)Cl)c12. The fraction of sp³-hybridized carbons (Fsp3) is 0.167. The molecule has 1 aromatic carbocycles. The lowest BCUT2D eigenvalue weighted by Gasteiger charge is -2.06. The van der Waals surface area contributed by atoms with Gasteiger partial charge in [0.25, 0.3) is 5.24 Å². The van der Waals surface area contributed by atoms with Gasteiger partial charge in [0.1, 0.15) is 5.75 Å². The molecule has 0 saturated heterocycles. The number of aromatic nitrogens is 1. The molecule has 0 atom stereocenters. The summed E-state index contributed by atoms with van der Waals surface area (Å²) < 4.78 is 5.26. The highest BCUT2D eigenvalue weighted by Crippen LogP contribution is 2.32. The maximum absolute atomic E-state index is 11.6. The van der Waals surface area contributed by atoms with E-state index in [9.17, 15) is 9.59 Å². The minimum absolute atomic E-state index is 0.237. The molecule has 1 heterocycles. The van der Waals surface area contributed by atoms with E-state index >= 15 is 0 Å². The molecule has 0 aliphatic carbocycles. The molecule has 1 N–H and O–H groups in total. The molecule has 0 radical (unpaired) electrons. The van der Waals surface area contributed by atoms with Crippen LogP contribution in [0.3, 0.4) is 0 Å². The average molecular weight is 252 g/mol. The van der Waals surface area contributed by atoms with E-state index in [2.05, 4.69) is 4.98 Å². The van der Waals surface area contributed by atoms with Crippen molar-refractivity contribution < 1.29 is 14.3 Å². The summed E-state index contributed by atoms with van der Waals surface area (Å²) in [5.41, 5.74) is 1.85. The molecule has 0 aliphatic heterocycles. The lowest BCUT2D eigenvalue weighted by atomic mass is 10.1. The van der Waals surface area contributed by atoms with Crippen LogP contribution in [-0.2, 0) is 4.79 Å². The number of carbonyl (C=O) groups excluding carboxylic acids is 2. The highest BCUT2D eigenvalue weighted by Gasteiger charge is 2.21. The highest BCUT2D eigenvalue weighted by molar-refractivity contribution is 6.83. The molecule has 17 heavy (non-hydrogen) atoms. The number of halogens is 1. The number of carbonyl (C=O) groups is 2. The fourth-order valence-corrected chi connectivity index (χ4v) is 1.95. The van der Waals surface area contributed by atoms with Gasteiger partial charge in [-0.2, -0.15) is 0 Å². The van der Waals surface area contributed by atoms with Crippen molar-refractivity contribution in [1.29, 1.82) is 0 Å². The molecule has 5 heteroatoms. The molecular weight excluding hydrogens is 242 g/mol. The number of benzene rings is 1. The van der Waals surface area contributed by atoms with Crippen molar-refractivity contribution >= 4 is 33.5 Å². The lowest BCUT2D eigenvalue weighted by molar-refractivity contribution is -0.108. The Morgan fingerprint density at radius 2 is 2.06 bits per heavy atom. The molecule has 88 valence electrons. The largest absolute Gasteiger partial charge is 0.496 e. The van der Waals surface area contributed by atoms with Gasteiger partial charge in [0.05, 0.1) is 18.1 Å². The first-order chi connectivity index (χ1) is 8.06. The van der Waals surface area contributed by atoms with E-state index in [4.69, 9.17) is 16.3 Å². The van der Waals surface area contributed by atoms with E-state index < -0.39 is 11.0 Å². The number of rotatable bonds is 3. The first-order valence-corrected chi connectivity index (χ1v) is 5.33. The third-order valence-electron chi connectivity index (χ3n) is 2.62. The Morgan fingerprint density at radius 3 is 2.65 bits per heavy atom. The van der Waals surface area contributed by atoms with E-state index in [-0.39, 0.29) is 5.56 Å². The van der Waals surface area contributed by atoms with Gasteiger partial charge in [-0.25, -0.2) is 0 Å². The fourth-order valence-electron chi connectivity index (χ4n) is 1.84. The predicted octanol–water partition coefficient (Wildman–Crippen LogP) is 2.43. The maximum Gasteiger partial charge on any atom is 0.293 e. The van der Waals surface area contributed by atoms with Crippen molar-refractivity contribution in [2.45, 2.75) is 6.92 Å². The summed E-state index contributed by atoms with van der Waals surface area (Å²) in [6.45, 7) is 1.86. The van der Waals surface area contributed by atoms with Gasteiger partial charge in [0, 0.05) is 11.7 Å². The summed E-state index contributed by atoms with van der Waals surface area (Å²) in [5, 5.41) is -0.416. The smallest absolute Gasteiger partial charge is 0.293 e. The molecule has 0 saturated carbocycles. The van der Waals surface area contributed by atoms with Gasteiger partial charge >= 0.3 is 0 Å². The van der Waals surface area contributed by atoms with Crippen LogP contribution in [0.5, 0.6) is 5.75 Å². The molecule has 0 spiro atoms. The number of nitrogens with one attached hydrogen (secondary N) is 1. The lowest BCUT2D eigenvalue weighted by Crippen LogP contribution is -2.06. The molecule has 2 rings (SSSR count). The number of methoxy groups -OCH3 is 1. The Bertz CT molecular complexity index is 615. The molecule has 1 aromatic heterocycles. The second-order valence-corrected chi connectivity index (χ2v) is 3.99. The Hall–Kier alpha value is -1.81. The summed E-state index contributed by atoms with van der Waals surface area (Å²) in [6, 6.07) is 3.69. The molecule has 0 aliphatic rings. The zero-order chi connectivity index (χ0) is 12.6. The number of ether oxygens (including phenoxy) is 1. The zero-order valence-corrected chi connectivity index (χ0v) is 10.1. The van der Waals surface area contributed by atoms with Crippen molar-refractivity contribution in [1.82, 2.24) is 4.98 Å². The second kappa shape index (κ2) is 4.22. The summed E-state index contributed by atoms with van der Waals surface area (Å²) in [4.78, 5) is 25.5. The van der Waals surface area contributed by atoms with E-state index in [0.29, 0.717) is 11.1 Å². The number of H-pyrrole nitrogens is 1. The molecule has 0 fully saturated rings. The first kappa shape index (κ1) is 11.7. The number of aryl methyl sites for hydroxylation is 1. The number of hydrogen-bond acceptors (Lipinski definition) is 3. The van der Waals surface area contributed by atoms with Crippen LogP contribution in [0, 0.1) is 6.92 Å². The average Bonchev–Trinajstić information content (AvgIpc) is 2.71. The van der Waals surface area contributed by atoms with Crippen LogP contribution in [0.15, 0.2) is 18.3 Å². The minimum atomic E-state index is -1.01. The molecule has 2 aromatic rings. The molecule has 4 nitrogen and oxygen atoms in total. The topological polar surface area (TPSA) is 59.2 Å². The second-order valence-electron chi connectivity index (χ2n) is 3.64. The first-order valence-electron chi connectivity index (χ1n) is 4.95. The van der Waals surface area contributed by atoms with Crippen LogP contribution < -0.4 is 4.74 Å². The monoisotopic (exact) mass is 251 g/mol. The van der Waals surface area contributed by atoms with Crippen molar-refractivity contribution in [2.24, 2.45) is 0 Å². The number of fused-ring (bicyclic) bond motifs is 1. The molecule has 0 bridgehead atoms. The van der Waals surface area contributed by atoms with Gasteiger partial charge in [-0.1, -0.05) is 6.07 Å². The number of hydrogen-bond donors (Lipinski definition) is 1. The summed E-state index contributed by atoms with van der Waals surface area (Å²) in [7, 11) is 1.52. The third kappa shape index (κ3) is 1.80. The van der Waals surface area contributed by atoms with Crippen LogP contribution in [-0.4, -0.2) is 23.1 Å². The zero-order valence-electron chi connectivity index (χ0n) is 9.33. The van der Waals surface area contributed by atoms with Gasteiger partial charge in [-0.05, 0) is 30.2 Å². The van der Waals surface area contributed by atoms with E-state index in [1.165, 1.54) is 13.3 Å². The Balaban J connectivity index is 2.78. The predicted molar refractivity (Wildman–Crippen MR) is 64.8 cm³/mol. The van der Waals surface area contributed by atoms with Gasteiger partial charge in [0.2, 0.25) is 5.78 Å². The minimum Gasteiger partial charge on any atom is -0.496 e. The third-order valence-corrected chi connectivity index (χ3v) is 2.79. The Morgan fingerprint density at radius 1 is 1.35 bits per heavy atom. The van der Waals surface area contributed by atoms with Crippen LogP contribution in [0.4, 0.5) is 0 Å². The van der Waals surface area contributed by atoms with Crippen LogP contribution in [0.1, 0.15) is 15.9 Å². The number of ketones is 1. The van der Waals surface area contributed by atoms with Gasteiger partial charge in [0.15, 0.2) is 0 Å². The maximum atomic E-state index is 11.6. The standard InChI is InChI=1S/C12H10ClNO3/c1-6-3-4-8-9(11(6)17-2)7(5-14-8)10(15)12(13)16/h3-5,14H,1-2H3. The van der Waals surface area contributed by atoms with Gasteiger partial charge in [-0.15, -0.1) is 0 Å². The Kier molecular flexibility index (Phi) is 2.90. The van der Waals surface area contributed by atoms with Crippen molar-refractivity contribution in [3.8, 4) is 5.75 Å². The number of Topliss-reactive ketones (excluding diaryl/α,β-unsaturated/α-hetero) is 1. The van der Waals surface area contributed by atoms with E-state index in [1.54, 1.807) is 0 Å². The van der Waals surface area contributed by atoms with E-state index in [1.807, 2.05) is 19.1 Å². The van der Waals surface area contributed by atoms with Gasteiger partial charge < -0.3 is 9.72 Å². The number of aromatic amines is 1. The molecular formula is C12H10ClNO3. The van der Waals surface area contributed by atoms with Crippen molar-refractivity contribution in [2.75, 3.05) is 7.11 Å². The summed E-state index contributed by atoms with van der Waals surface area (Å²) in [6.07, 6.45) is 1.47. The quantitative estimate of drug-likeness (QED) is 0.518.